The molecule has 3 heteroatoms. The average Bonchev–Trinajstić information content (AvgIpc) is 2.58. The highest BCUT2D eigenvalue weighted by Gasteiger charge is 2.35. The van der Waals surface area contributed by atoms with Crippen LogP contribution in [0.5, 0.6) is 0 Å². The van der Waals surface area contributed by atoms with Gasteiger partial charge in [-0.05, 0) is 33.7 Å². The third kappa shape index (κ3) is 2.02. The van der Waals surface area contributed by atoms with Crippen LogP contribution in [0.4, 0.5) is 0 Å². The fourth-order valence-corrected chi connectivity index (χ4v) is 1.91. The van der Waals surface area contributed by atoms with Crippen molar-refractivity contribution in [2.45, 2.75) is 32.8 Å². The van der Waals surface area contributed by atoms with E-state index in [9.17, 15) is 0 Å². The second-order valence-corrected chi connectivity index (χ2v) is 5.01. The maximum Gasteiger partial charge on any atom is 0.129 e. The van der Waals surface area contributed by atoms with E-state index in [4.69, 9.17) is 4.84 Å². The van der Waals surface area contributed by atoms with Gasteiger partial charge in [0.25, 0.3) is 0 Å². The number of nitrogens with zero attached hydrogens (tertiary/aromatic N) is 2. The molecular weight excluding hydrogens is 164 g/mol. The van der Waals surface area contributed by atoms with Crippen molar-refractivity contribution in [1.82, 2.24) is 4.90 Å². The molecule has 0 aromatic rings. The van der Waals surface area contributed by atoms with E-state index in [1.54, 1.807) is 0 Å². The summed E-state index contributed by atoms with van der Waals surface area (Å²) >= 11 is 0. The van der Waals surface area contributed by atoms with E-state index in [1.165, 1.54) is 25.2 Å². The highest BCUT2D eigenvalue weighted by molar-refractivity contribution is 5.91. The maximum atomic E-state index is 5.43. The molecule has 0 radical (unpaired) electrons. The first-order valence-corrected chi connectivity index (χ1v) is 5.02. The van der Waals surface area contributed by atoms with Gasteiger partial charge in [-0.3, -0.25) is 4.90 Å². The predicted octanol–water partition coefficient (Wildman–Crippen LogP) is 1.49. The highest BCUT2D eigenvalue weighted by Crippen LogP contribution is 2.26. The number of rotatable bonds is 1. The van der Waals surface area contributed by atoms with Gasteiger partial charge in [0.1, 0.15) is 5.60 Å². The molecule has 13 heavy (non-hydrogen) atoms. The minimum atomic E-state index is -0.149. The first-order chi connectivity index (χ1) is 6.04. The summed E-state index contributed by atoms with van der Waals surface area (Å²) in [6.45, 7) is 9.58. The lowest BCUT2D eigenvalue weighted by Gasteiger charge is -2.18. The summed E-state index contributed by atoms with van der Waals surface area (Å²) in [5.41, 5.74) is 1.10. The minimum absolute atomic E-state index is 0.149. The van der Waals surface area contributed by atoms with Gasteiger partial charge in [0.05, 0.1) is 5.71 Å². The molecule has 2 aliphatic rings. The van der Waals surface area contributed by atoms with Crippen molar-refractivity contribution in [3.63, 3.8) is 0 Å². The second kappa shape index (κ2) is 2.98. The Morgan fingerprint density at radius 2 is 2.23 bits per heavy atom. The predicted molar refractivity (Wildman–Crippen MR) is 52.8 cm³/mol. The Bertz CT molecular complexity index is 230. The van der Waals surface area contributed by atoms with Crippen molar-refractivity contribution >= 4 is 5.71 Å². The quantitative estimate of drug-likeness (QED) is 0.574. The van der Waals surface area contributed by atoms with Crippen LogP contribution in [-0.4, -0.2) is 35.8 Å². The van der Waals surface area contributed by atoms with E-state index in [0.29, 0.717) is 5.92 Å². The molecule has 0 aliphatic carbocycles. The highest BCUT2D eigenvalue weighted by atomic mass is 16.6. The van der Waals surface area contributed by atoms with Crippen LogP contribution < -0.4 is 0 Å². The molecule has 2 bridgehead atoms. The van der Waals surface area contributed by atoms with Crippen molar-refractivity contribution < 1.29 is 4.84 Å². The molecule has 0 amide bonds. The van der Waals surface area contributed by atoms with E-state index in [0.717, 1.165) is 6.54 Å². The SMILES string of the molecule is CC(C)(C)ON=C1CN2CCC1C2. The Labute approximate surface area is 79.7 Å². The van der Waals surface area contributed by atoms with Crippen LogP contribution >= 0.6 is 0 Å². The summed E-state index contributed by atoms with van der Waals surface area (Å²) < 4.78 is 0. The van der Waals surface area contributed by atoms with Gasteiger partial charge in [0.15, 0.2) is 0 Å². The van der Waals surface area contributed by atoms with Gasteiger partial charge in [-0.25, -0.2) is 0 Å². The number of oxime groups is 1. The molecule has 2 heterocycles. The molecule has 2 unspecified atom stereocenters. The summed E-state index contributed by atoms with van der Waals surface area (Å²) in [6.07, 6.45) is 1.27. The molecule has 2 atom stereocenters. The van der Waals surface area contributed by atoms with Gasteiger partial charge < -0.3 is 4.84 Å². The zero-order chi connectivity index (χ0) is 9.47. The van der Waals surface area contributed by atoms with Crippen LogP contribution in [0.1, 0.15) is 27.2 Å². The van der Waals surface area contributed by atoms with Gasteiger partial charge in [0, 0.05) is 19.0 Å². The molecule has 0 saturated carbocycles. The van der Waals surface area contributed by atoms with E-state index >= 15 is 0 Å². The van der Waals surface area contributed by atoms with Crippen molar-refractivity contribution in [2.75, 3.05) is 19.6 Å². The molecule has 2 saturated heterocycles. The molecule has 0 spiro atoms. The van der Waals surface area contributed by atoms with E-state index in [2.05, 4.69) is 10.1 Å². The third-order valence-electron chi connectivity index (χ3n) is 2.57. The number of hydrogen-bond donors (Lipinski definition) is 0. The van der Waals surface area contributed by atoms with Crippen LogP contribution in [0, 0.1) is 5.92 Å². The largest absolute Gasteiger partial charge is 0.390 e. The van der Waals surface area contributed by atoms with Crippen molar-refractivity contribution in [3.8, 4) is 0 Å². The minimum Gasteiger partial charge on any atom is -0.390 e. The number of hydrogen-bond acceptors (Lipinski definition) is 3. The monoisotopic (exact) mass is 182 g/mol. The zero-order valence-electron chi connectivity index (χ0n) is 8.71. The number of piperidine rings is 1. The van der Waals surface area contributed by atoms with Gasteiger partial charge >= 0.3 is 0 Å². The van der Waals surface area contributed by atoms with Gasteiger partial charge in [-0.15, -0.1) is 0 Å². The van der Waals surface area contributed by atoms with E-state index in [1.807, 2.05) is 20.8 Å². The maximum absolute atomic E-state index is 5.43. The summed E-state index contributed by atoms with van der Waals surface area (Å²) in [5, 5.41) is 4.25. The van der Waals surface area contributed by atoms with Crippen LogP contribution in [0.15, 0.2) is 5.16 Å². The molecular formula is C10H18N2O. The van der Waals surface area contributed by atoms with E-state index < -0.39 is 0 Å². The molecule has 2 fully saturated rings. The summed E-state index contributed by atoms with van der Waals surface area (Å²) in [4.78, 5) is 7.87. The molecule has 74 valence electrons. The topological polar surface area (TPSA) is 24.8 Å². The van der Waals surface area contributed by atoms with Gasteiger partial charge in [-0.1, -0.05) is 5.16 Å². The molecule has 2 aliphatic heterocycles. The fraction of sp³-hybridized carbons (Fsp3) is 0.900. The molecule has 3 nitrogen and oxygen atoms in total. The smallest absolute Gasteiger partial charge is 0.129 e. The van der Waals surface area contributed by atoms with Crippen molar-refractivity contribution in [1.29, 1.82) is 0 Å². The Balaban J connectivity index is 1.95. The molecule has 2 rings (SSSR count). The van der Waals surface area contributed by atoms with E-state index in [-0.39, 0.29) is 5.60 Å². The zero-order valence-corrected chi connectivity index (χ0v) is 8.71. The lowest BCUT2D eigenvalue weighted by molar-refractivity contribution is -0.000111. The van der Waals surface area contributed by atoms with Crippen LogP contribution in [0.25, 0.3) is 0 Å². The Morgan fingerprint density at radius 3 is 2.69 bits per heavy atom. The van der Waals surface area contributed by atoms with Crippen LogP contribution in [0.3, 0.4) is 0 Å². The summed E-state index contributed by atoms with van der Waals surface area (Å²) in [5.74, 6) is 0.683. The van der Waals surface area contributed by atoms with Crippen LogP contribution in [0.2, 0.25) is 0 Å². The average molecular weight is 182 g/mol. The third-order valence-corrected chi connectivity index (χ3v) is 2.57. The second-order valence-electron chi connectivity index (χ2n) is 5.01. The van der Waals surface area contributed by atoms with Gasteiger partial charge in [0.2, 0.25) is 0 Å². The Morgan fingerprint density at radius 1 is 1.46 bits per heavy atom. The van der Waals surface area contributed by atoms with Crippen molar-refractivity contribution in [2.24, 2.45) is 11.1 Å². The standard InChI is InChI=1S/C10H18N2O/c1-10(2,3)13-11-9-7-12-5-4-8(9)6-12/h8H,4-7H2,1-3H3. The fourth-order valence-electron chi connectivity index (χ4n) is 1.91. The summed E-state index contributed by atoms with van der Waals surface area (Å²) in [6, 6.07) is 0. The Hall–Kier alpha value is -0.570. The first-order valence-electron chi connectivity index (χ1n) is 5.02. The summed E-state index contributed by atoms with van der Waals surface area (Å²) in [7, 11) is 0. The lowest BCUT2D eigenvalue weighted by Crippen LogP contribution is -2.25. The van der Waals surface area contributed by atoms with Crippen LogP contribution in [-0.2, 0) is 4.84 Å². The first kappa shape index (κ1) is 9.00. The number of fused-ring (bicyclic) bond motifs is 2. The van der Waals surface area contributed by atoms with Gasteiger partial charge in [-0.2, -0.15) is 0 Å². The Kier molecular flexibility index (Phi) is 2.06. The van der Waals surface area contributed by atoms with Crippen molar-refractivity contribution in [3.05, 3.63) is 0 Å². The normalized spacial score (nSPS) is 35.8. The lowest BCUT2D eigenvalue weighted by atomic mass is 10.0. The molecule has 0 aromatic heterocycles. The molecule has 0 N–H and O–H groups in total. The molecule has 0 aromatic carbocycles.